The summed E-state index contributed by atoms with van der Waals surface area (Å²) < 4.78 is 38.3. The average molecular weight is 357 g/mol. The molecule has 1 aliphatic rings. The van der Waals surface area contributed by atoms with E-state index in [1.165, 1.54) is 18.6 Å². The minimum Gasteiger partial charge on any atom is -0.348 e. The van der Waals surface area contributed by atoms with Crippen LogP contribution in [0.25, 0.3) is 0 Å². The van der Waals surface area contributed by atoms with E-state index >= 15 is 0 Å². The van der Waals surface area contributed by atoms with Crippen LogP contribution in [0.1, 0.15) is 42.5 Å². The molecule has 1 aromatic rings. The van der Waals surface area contributed by atoms with Crippen LogP contribution in [0.5, 0.6) is 0 Å². The third-order valence-corrected chi connectivity index (χ3v) is 4.90. The second kappa shape index (κ2) is 7.94. The van der Waals surface area contributed by atoms with Crippen molar-refractivity contribution in [3.63, 3.8) is 0 Å². The molecule has 0 saturated heterocycles. The monoisotopic (exact) mass is 357 g/mol. The number of carbonyl (C=O) groups is 1. The Bertz CT molecular complexity index is 688. The van der Waals surface area contributed by atoms with Crippen LogP contribution >= 0.6 is 0 Å². The molecule has 2 rings (SSSR count). The highest BCUT2D eigenvalue weighted by atomic mass is 32.2. The summed E-state index contributed by atoms with van der Waals surface area (Å²) in [7, 11) is -3.63. The lowest BCUT2D eigenvalue weighted by Crippen LogP contribution is -2.45. The number of hydrogen-bond donors (Lipinski definition) is 3. The normalized spacial score (nSPS) is 17.3. The van der Waals surface area contributed by atoms with E-state index in [9.17, 15) is 17.6 Å². The molecule has 0 spiro atoms. The van der Waals surface area contributed by atoms with E-state index in [1.807, 2.05) is 0 Å². The lowest BCUT2D eigenvalue weighted by Gasteiger charge is -2.30. The van der Waals surface area contributed by atoms with Gasteiger partial charge < -0.3 is 11.1 Å². The van der Waals surface area contributed by atoms with Gasteiger partial charge in [0.2, 0.25) is 10.0 Å². The van der Waals surface area contributed by atoms with Crippen molar-refractivity contribution in [3.05, 3.63) is 29.6 Å². The fourth-order valence-electron chi connectivity index (χ4n) is 3.10. The molecular weight excluding hydrogens is 333 g/mol. The van der Waals surface area contributed by atoms with Gasteiger partial charge in [0.1, 0.15) is 5.82 Å². The van der Waals surface area contributed by atoms with Crippen LogP contribution in [0, 0.1) is 11.7 Å². The van der Waals surface area contributed by atoms with Crippen molar-refractivity contribution in [1.29, 1.82) is 0 Å². The minimum absolute atomic E-state index is 0.130. The van der Waals surface area contributed by atoms with Crippen molar-refractivity contribution >= 4 is 21.6 Å². The smallest absolute Gasteiger partial charge is 0.251 e. The first kappa shape index (κ1) is 18.7. The zero-order valence-corrected chi connectivity index (χ0v) is 14.5. The van der Waals surface area contributed by atoms with E-state index in [-0.39, 0.29) is 23.2 Å². The molecule has 134 valence electrons. The summed E-state index contributed by atoms with van der Waals surface area (Å²) in [4.78, 5) is 12.4. The molecule has 0 bridgehead atoms. The van der Waals surface area contributed by atoms with E-state index in [4.69, 9.17) is 5.73 Å². The minimum atomic E-state index is -3.63. The molecule has 1 atom stereocenters. The van der Waals surface area contributed by atoms with Gasteiger partial charge in [0.25, 0.3) is 5.91 Å². The Hall–Kier alpha value is -1.67. The van der Waals surface area contributed by atoms with Crippen molar-refractivity contribution < 1.29 is 17.6 Å². The van der Waals surface area contributed by atoms with Crippen molar-refractivity contribution in [1.82, 2.24) is 5.32 Å². The number of nitrogens with two attached hydrogens (primary N) is 1. The molecule has 24 heavy (non-hydrogen) atoms. The van der Waals surface area contributed by atoms with Gasteiger partial charge in [-0.05, 0) is 37.0 Å². The van der Waals surface area contributed by atoms with Gasteiger partial charge in [-0.3, -0.25) is 9.52 Å². The molecule has 8 heteroatoms. The van der Waals surface area contributed by atoms with Gasteiger partial charge in [0.15, 0.2) is 0 Å². The number of anilines is 1. The lowest BCUT2D eigenvalue weighted by atomic mass is 9.84. The highest BCUT2D eigenvalue weighted by molar-refractivity contribution is 7.92. The predicted octanol–water partition coefficient (Wildman–Crippen LogP) is 1.83. The van der Waals surface area contributed by atoms with Crippen LogP contribution in [-0.2, 0) is 10.0 Å². The maximum absolute atomic E-state index is 13.7. The number of carbonyl (C=O) groups excluding carboxylic acids is 1. The average Bonchev–Trinajstić information content (AvgIpc) is 2.54. The number of halogens is 1. The van der Waals surface area contributed by atoms with E-state index in [0.29, 0.717) is 12.5 Å². The number of nitrogens with one attached hydrogen (secondary N) is 2. The van der Waals surface area contributed by atoms with Crippen LogP contribution in [0.3, 0.4) is 0 Å². The molecule has 1 amide bonds. The molecule has 1 aliphatic carbocycles. The van der Waals surface area contributed by atoms with Gasteiger partial charge >= 0.3 is 0 Å². The van der Waals surface area contributed by atoms with Crippen LogP contribution in [0.2, 0.25) is 0 Å². The zero-order chi connectivity index (χ0) is 17.7. The van der Waals surface area contributed by atoms with Gasteiger partial charge in [0, 0.05) is 18.2 Å². The first-order valence-electron chi connectivity index (χ1n) is 8.08. The molecule has 0 aromatic heterocycles. The summed E-state index contributed by atoms with van der Waals surface area (Å²) >= 11 is 0. The Labute approximate surface area is 142 Å². The molecule has 1 saturated carbocycles. The van der Waals surface area contributed by atoms with Gasteiger partial charge in [-0.15, -0.1) is 0 Å². The second-order valence-electron chi connectivity index (χ2n) is 6.28. The molecule has 1 fully saturated rings. The fraction of sp³-hybridized carbons (Fsp3) is 0.562. The predicted molar refractivity (Wildman–Crippen MR) is 91.8 cm³/mol. The zero-order valence-electron chi connectivity index (χ0n) is 13.7. The van der Waals surface area contributed by atoms with Crippen LogP contribution in [0.15, 0.2) is 18.2 Å². The van der Waals surface area contributed by atoms with Gasteiger partial charge in [-0.25, -0.2) is 12.8 Å². The van der Waals surface area contributed by atoms with Crippen molar-refractivity contribution in [2.24, 2.45) is 11.7 Å². The van der Waals surface area contributed by atoms with Crippen LogP contribution < -0.4 is 15.8 Å². The van der Waals surface area contributed by atoms with Crippen LogP contribution in [-0.4, -0.2) is 33.2 Å². The molecule has 0 radical (unpaired) electrons. The molecular formula is C16H24FN3O3S. The largest absolute Gasteiger partial charge is 0.348 e. The summed E-state index contributed by atoms with van der Waals surface area (Å²) in [6.07, 6.45) is 6.47. The third kappa shape index (κ3) is 5.17. The van der Waals surface area contributed by atoms with Crippen molar-refractivity contribution in [3.8, 4) is 0 Å². The first-order valence-corrected chi connectivity index (χ1v) is 9.97. The topological polar surface area (TPSA) is 101 Å². The Morgan fingerprint density at radius 3 is 2.58 bits per heavy atom. The van der Waals surface area contributed by atoms with E-state index in [1.54, 1.807) is 0 Å². The van der Waals surface area contributed by atoms with E-state index < -0.39 is 15.8 Å². The Balaban J connectivity index is 2.12. The second-order valence-corrected chi connectivity index (χ2v) is 8.03. The Kier molecular flexibility index (Phi) is 6.17. The quantitative estimate of drug-likeness (QED) is 0.723. The number of amides is 1. The number of hydrogen-bond acceptors (Lipinski definition) is 4. The Morgan fingerprint density at radius 1 is 1.33 bits per heavy atom. The summed E-state index contributed by atoms with van der Waals surface area (Å²) in [5.74, 6) is -0.769. The maximum atomic E-state index is 13.7. The molecule has 0 heterocycles. The summed E-state index contributed by atoms with van der Waals surface area (Å²) in [5, 5.41) is 2.90. The molecule has 4 N–H and O–H groups in total. The molecule has 6 nitrogen and oxygen atoms in total. The number of rotatable bonds is 6. The van der Waals surface area contributed by atoms with Gasteiger partial charge in [-0.2, -0.15) is 0 Å². The molecule has 0 aliphatic heterocycles. The summed E-state index contributed by atoms with van der Waals surface area (Å²) in [6.45, 7) is 0.339. The number of sulfonamides is 1. The van der Waals surface area contributed by atoms with Crippen LogP contribution in [0.4, 0.5) is 10.1 Å². The van der Waals surface area contributed by atoms with Crippen molar-refractivity contribution in [2.45, 2.75) is 38.1 Å². The third-order valence-electron chi connectivity index (χ3n) is 4.31. The standard InChI is InChI=1S/C16H24FN3O3S/c1-24(22,23)20-14-9-12(7-8-13(14)17)16(21)19-15(10-18)11-5-3-2-4-6-11/h7-9,11,15,20H,2-6,10,18H2,1H3,(H,19,21). The van der Waals surface area contributed by atoms with Gasteiger partial charge in [0.05, 0.1) is 11.9 Å². The van der Waals surface area contributed by atoms with E-state index in [0.717, 1.165) is 38.0 Å². The molecule has 1 unspecified atom stereocenters. The lowest BCUT2D eigenvalue weighted by molar-refractivity contribution is 0.0915. The highest BCUT2D eigenvalue weighted by Gasteiger charge is 2.24. The SMILES string of the molecule is CS(=O)(=O)Nc1cc(C(=O)NC(CN)C2CCCCC2)ccc1F. The summed E-state index contributed by atoms with van der Waals surface area (Å²) in [6, 6.07) is 3.46. The van der Waals surface area contributed by atoms with Crippen molar-refractivity contribution in [2.75, 3.05) is 17.5 Å². The fourth-order valence-corrected chi connectivity index (χ4v) is 3.66. The summed E-state index contributed by atoms with van der Waals surface area (Å²) in [5.41, 5.74) is 5.75. The van der Waals surface area contributed by atoms with Gasteiger partial charge in [-0.1, -0.05) is 19.3 Å². The maximum Gasteiger partial charge on any atom is 0.251 e. The Morgan fingerprint density at radius 2 is 2.00 bits per heavy atom. The number of benzene rings is 1. The first-order chi connectivity index (χ1) is 11.3. The van der Waals surface area contributed by atoms with E-state index in [2.05, 4.69) is 10.0 Å². The highest BCUT2D eigenvalue weighted by Crippen LogP contribution is 2.26. The molecule has 1 aromatic carbocycles.